The summed E-state index contributed by atoms with van der Waals surface area (Å²) in [5.74, 6) is 0.406. The minimum atomic E-state index is -3.66. The van der Waals surface area contributed by atoms with Gasteiger partial charge in [0.05, 0.1) is 5.41 Å². The molecule has 0 amide bonds. The third-order valence-electron chi connectivity index (χ3n) is 2.43. The lowest BCUT2D eigenvalue weighted by Crippen LogP contribution is -2.06. The van der Waals surface area contributed by atoms with E-state index in [9.17, 15) is 8.42 Å². The number of unbranched alkanes of at least 4 members (excludes halogenated alkanes) is 2. The molecule has 0 bridgehead atoms. The van der Waals surface area contributed by atoms with Crippen LogP contribution in [0.5, 0.6) is 5.75 Å². The normalized spacial score (nSPS) is 11.1. The molecule has 0 saturated heterocycles. The molecule has 0 heterocycles. The molecule has 0 aromatic heterocycles. The first-order valence-electron chi connectivity index (χ1n) is 5.74. The molecule has 94 valence electrons. The highest BCUT2D eigenvalue weighted by atomic mass is 32.2. The highest BCUT2D eigenvalue weighted by Gasteiger charge is 2.10. The van der Waals surface area contributed by atoms with Gasteiger partial charge in [0.15, 0.2) is 0 Å². The Hall–Kier alpha value is -1.29. The highest BCUT2D eigenvalue weighted by molar-refractivity contribution is 7.90. The van der Waals surface area contributed by atoms with Gasteiger partial charge in [-0.05, 0) is 24.5 Å². The van der Waals surface area contributed by atoms with Gasteiger partial charge in [-0.15, -0.1) is 0 Å². The Kier molecular flexibility index (Phi) is 5.22. The van der Waals surface area contributed by atoms with Crippen molar-refractivity contribution >= 4 is 10.1 Å². The predicted octanol–water partition coefficient (Wildman–Crippen LogP) is 3.27. The summed E-state index contributed by atoms with van der Waals surface area (Å²) in [7, 11) is -3.66. The summed E-state index contributed by atoms with van der Waals surface area (Å²) < 4.78 is 27.6. The number of para-hydroxylation sites is 1. The van der Waals surface area contributed by atoms with Gasteiger partial charge in [-0.3, -0.25) is 0 Å². The van der Waals surface area contributed by atoms with Gasteiger partial charge >= 0.3 is 10.1 Å². The lowest BCUT2D eigenvalue weighted by Gasteiger charge is -2.09. The molecule has 0 fully saturated rings. The molecule has 1 aromatic carbocycles. The Morgan fingerprint density at radius 1 is 1.29 bits per heavy atom. The van der Waals surface area contributed by atoms with Crippen molar-refractivity contribution in [3.05, 3.63) is 41.8 Å². The monoisotopic (exact) mass is 254 g/mol. The van der Waals surface area contributed by atoms with Crippen LogP contribution in [-0.4, -0.2) is 8.42 Å². The van der Waals surface area contributed by atoms with E-state index in [0.29, 0.717) is 5.75 Å². The van der Waals surface area contributed by atoms with Crippen LogP contribution in [0.25, 0.3) is 0 Å². The van der Waals surface area contributed by atoms with Gasteiger partial charge in [-0.2, -0.15) is 8.42 Å². The molecule has 1 rings (SSSR count). The third kappa shape index (κ3) is 4.61. The summed E-state index contributed by atoms with van der Waals surface area (Å²) in [4.78, 5) is 0. The summed E-state index contributed by atoms with van der Waals surface area (Å²) in [6, 6.07) is 7.21. The minimum Gasteiger partial charge on any atom is -0.379 e. The number of hydrogen-bond donors (Lipinski definition) is 0. The topological polar surface area (TPSA) is 43.4 Å². The first-order valence-corrected chi connectivity index (χ1v) is 7.21. The minimum absolute atomic E-state index is 0.406. The SMILES string of the molecule is C=CS(=O)(=O)Oc1ccccc1CCCCC. The van der Waals surface area contributed by atoms with Gasteiger partial charge in [-0.1, -0.05) is 44.5 Å². The van der Waals surface area contributed by atoms with E-state index in [1.807, 2.05) is 12.1 Å². The molecule has 3 nitrogen and oxygen atoms in total. The van der Waals surface area contributed by atoms with E-state index in [-0.39, 0.29) is 0 Å². The molecule has 0 saturated carbocycles. The second-order valence-corrected chi connectivity index (χ2v) is 5.29. The Morgan fingerprint density at radius 2 is 2.00 bits per heavy atom. The van der Waals surface area contributed by atoms with E-state index in [4.69, 9.17) is 4.18 Å². The van der Waals surface area contributed by atoms with E-state index in [2.05, 4.69) is 13.5 Å². The summed E-state index contributed by atoms with van der Waals surface area (Å²) in [5.41, 5.74) is 0.923. The van der Waals surface area contributed by atoms with Crippen molar-refractivity contribution in [3.63, 3.8) is 0 Å². The summed E-state index contributed by atoms with van der Waals surface area (Å²) in [5, 5.41) is 0.815. The predicted molar refractivity (Wildman–Crippen MR) is 69.4 cm³/mol. The Morgan fingerprint density at radius 3 is 2.65 bits per heavy atom. The van der Waals surface area contributed by atoms with Gasteiger partial charge in [0.25, 0.3) is 0 Å². The van der Waals surface area contributed by atoms with Crippen LogP contribution < -0.4 is 4.18 Å². The van der Waals surface area contributed by atoms with E-state index in [0.717, 1.165) is 36.7 Å². The Bertz CT molecular complexity index is 463. The van der Waals surface area contributed by atoms with Crippen molar-refractivity contribution in [1.82, 2.24) is 0 Å². The zero-order valence-corrected chi connectivity index (χ0v) is 10.9. The van der Waals surface area contributed by atoms with Gasteiger partial charge < -0.3 is 4.18 Å². The number of aryl methyl sites for hydroxylation is 1. The second kappa shape index (κ2) is 6.45. The molecule has 0 radical (unpaired) electrons. The van der Waals surface area contributed by atoms with Crippen LogP contribution in [0, 0.1) is 0 Å². The standard InChI is InChI=1S/C13H18O3S/c1-3-5-6-9-12-10-7-8-11-13(12)16-17(14,15)4-2/h4,7-8,10-11H,2-3,5-6,9H2,1H3. The average Bonchev–Trinajstić information content (AvgIpc) is 2.31. The summed E-state index contributed by atoms with van der Waals surface area (Å²) in [6.07, 6.45) is 4.12. The first-order chi connectivity index (χ1) is 8.09. The maximum absolute atomic E-state index is 11.3. The fourth-order valence-corrected chi connectivity index (χ4v) is 2.00. The van der Waals surface area contributed by atoms with Gasteiger partial charge in [0, 0.05) is 0 Å². The molecule has 0 spiro atoms. The van der Waals surface area contributed by atoms with Crippen LogP contribution >= 0.6 is 0 Å². The van der Waals surface area contributed by atoms with Crippen molar-refractivity contribution in [2.45, 2.75) is 32.6 Å². The molecule has 0 N–H and O–H groups in total. The van der Waals surface area contributed by atoms with Crippen LogP contribution in [-0.2, 0) is 16.5 Å². The average molecular weight is 254 g/mol. The highest BCUT2D eigenvalue weighted by Crippen LogP contribution is 2.22. The van der Waals surface area contributed by atoms with Gasteiger partial charge in [0.2, 0.25) is 0 Å². The molecule has 4 heteroatoms. The Labute approximate surface area is 103 Å². The molecule has 0 atom stereocenters. The van der Waals surface area contributed by atoms with Crippen molar-refractivity contribution in [3.8, 4) is 5.75 Å². The fraction of sp³-hybridized carbons (Fsp3) is 0.385. The molecule has 0 aliphatic carbocycles. The lowest BCUT2D eigenvalue weighted by atomic mass is 10.1. The van der Waals surface area contributed by atoms with Crippen LogP contribution in [0.2, 0.25) is 0 Å². The molecule has 0 unspecified atom stereocenters. The first kappa shape index (κ1) is 13.8. The Balaban J connectivity index is 2.81. The maximum Gasteiger partial charge on any atom is 0.331 e. The largest absolute Gasteiger partial charge is 0.379 e. The fourth-order valence-electron chi connectivity index (χ4n) is 1.52. The summed E-state index contributed by atoms with van der Waals surface area (Å²) in [6.45, 7) is 5.35. The molecule has 17 heavy (non-hydrogen) atoms. The van der Waals surface area contributed by atoms with Gasteiger partial charge in [0.1, 0.15) is 5.75 Å². The van der Waals surface area contributed by atoms with Crippen molar-refractivity contribution in [2.75, 3.05) is 0 Å². The van der Waals surface area contributed by atoms with Crippen LogP contribution in [0.15, 0.2) is 36.3 Å². The number of hydrogen-bond acceptors (Lipinski definition) is 3. The van der Waals surface area contributed by atoms with Crippen molar-refractivity contribution in [1.29, 1.82) is 0 Å². The van der Waals surface area contributed by atoms with E-state index < -0.39 is 10.1 Å². The van der Waals surface area contributed by atoms with E-state index in [1.165, 1.54) is 0 Å². The zero-order chi connectivity index (χ0) is 12.7. The molecular weight excluding hydrogens is 236 g/mol. The van der Waals surface area contributed by atoms with Crippen LogP contribution in [0.4, 0.5) is 0 Å². The molecular formula is C13H18O3S. The van der Waals surface area contributed by atoms with Crippen molar-refractivity contribution < 1.29 is 12.6 Å². The second-order valence-electron chi connectivity index (χ2n) is 3.81. The molecule has 0 aliphatic rings. The van der Waals surface area contributed by atoms with Gasteiger partial charge in [-0.25, -0.2) is 0 Å². The summed E-state index contributed by atoms with van der Waals surface area (Å²) >= 11 is 0. The quantitative estimate of drug-likeness (QED) is 0.554. The number of benzene rings is 1. The lowest BCUT2D eigenvalue weighted by molar-refractivity contribution is 0.492. The van der Waals surface area contributed by atoms with Crippen molar-refractivity contribution in [2.24, 2.45) is 0 Å². The smallest absolute Gasteiger partial charge is 0.331 e. The van der Waals surface area contributed by atoms with E-state index >= 15 is 0 Å². The molecule has 1 aromatic rings. The van der Waals surface area contributed by atoms with Crippen LogP contribution in [0.1, 0.15) is 31.7 Å². The van der Waals surface area contributed by atoms with Crippen LogP contribution in [0.3, 0.4) is 0 Å². The third-order valence-corrected chi connectivity index (χ3v) is 3.25. The molecule has 0 aliphatic heterocycles. The van der Waals surface area contributed by atoms with E-state index in [1.54, 1.807) is 12.1 Å². The number of rotatable bonds is 7. The zero-order valence-electron chi connectivity index (χ0n) is 10.1. The maximum atomic E-state index is 11.3.